The molecule has 0 amide bonds. The summed E-state index contributed by atoms with van der Waals surface area (Å²) in [5, 5.41) is 9.14. The topological polar surface area (TPSA) is 27.0 Å². The molecule has 1 fully saturated rings. The van der Waals surface area contributed by atoms with Gasteiger partial charge >= 0.3 is 6.18 Å². The van der Waals surface area contributed by atoms with Gasteiger partial charge in [0.1, 0.15) is 6.07 Å². The van der Waals surface area contributed by atoms with Crippen molar-refractivity contribution in [3.8, 4) is 6.07 Å². The van der Waals surface area contributed by atoms with Gasteiger partial charge in [0.05, 0.1) is 16.8 Å². The lowest BCUT2D eigenvalue weighted by Crippen LogP contribution is -2.29. The number of nitrogens with zero attached hydrogens (tertiary/aromatic N) is 2. The Hall–Kier alpha value is -1.70. The Bertz CT molecular complexity index is 531. The molecule has 1 saturated heterocycles. The molecule has 2 atom stereocenters. The number of hydrogen-bond acceptors (Lipinski definition) is 2. The van der Waals surface area contributed by atoms with E-state index in [2.05, 4.69) is 6.92 Å². The third-order valence-corrected chi connectivity index (χ3v) is 3.85. The molecule has 0 aromatic heterocycles. The average molecular weight is 282 g/mol. The standard InChI is InChI=1S/C15H17F3N2/c1-3-13-6-10(2)9-20(13)14-7-12(15(16,17)18)5-4-11(14)8-19/h4-5,7,10,13H,3,6,9H2,1-2H3. The molecule has 1 aliphatic heterocycles. The Morgan fingerprint density at radius 3 is 2.65 bits per heavy atom. The van der Waals surface area contributed by atoms with Crippen molar-refractivity contribution in [2.45, 2.75) is 38.9 Å². The molecule has 2 rings (SSSR count). The molecule has 1 aromatic rings. The first-order valence-corrected chi connectivity index (χ1v) is 6.74. The Labute approximate surface area is 116 Å². The van der Waals surface area contributed by atoms with Crippen LogP contribution in [0.5, 0.6) is 0 Å². The van der Waals surface area contributed by atoms with Gasteiger partial charge in [0, 0.05) is 12.6 Å². The van der Waals surface area contributed by atoms with Crippen LogP contribution in [0.1, 0.15) is 37.8 Å². The van der Waals surface area contributed by atoms with Gasteiger partial charge in [-0.05, 0) is 37.0 Å². The quantitative estimate of drug-likeness (QED) is 0.812. The van der Waals surface area contributed by atoms with E-state index in [0.29, 0.717) is 23.7 Å². The summed E-state index contributed by atoms with van der Waals surface area (Å²) in [5.74, 6) is 0.432. The smallest absolute Gasteiger partial charge is 0.367 e. The fraction of sp³-hybridized carbons (Fsp3) is 0.533. The van der Waals surface area contributed by atoms with E-state index in [9.17, 15) is 13.2 Å². The lowest BCUT2D eigenvalue weighted by Gasteiger charge is -2.27. The van der Waals surface area contributed by atoms with Crippen LogP contribution in [0.4, 0.5) is 18.9 Å². The maximum absolute atomic E-state index is 12.8. The van der Waals surface area contributed by atoms with Gasteiger partial charge in [0.2, 0.25) is 0 Å². The summed E-state index contributed by atoms with van der Waals surface area (Å²) in [6.07, 6.45) is -2.56. The van der Waals surface area contributed by atoms with Gasteiger partial charge in [-0.1, -0.05) is 13.8 Å². The van der Waals surface area contributed by atoms with Crippen LogP contribution in [0.15, 0.2) is 18.2 Å². The van der Waals surface area contributed by atoms with E-state index in [1.165, 1.54) is 6.07 Å². The van der Waals surface area contributed by atoms with Gasteiger partial charge in [-0.25, -0.2) is 0 Å². The molecule has 0 radical (unpaired) electrons. The summed E-state index contributed by atoms with van der Waals surface area (Å²) in [4.78, 5) is 1.96. The Balaban J connectivity index is 2.46. The van der Waals surface area contributed by atoms with Crippen LogP contribution < -0.4 is 4.90 Å². The molecule has 1 aliphatic rings. The van der Waals surface area contributed by atoms with E-state index in [-0.39, 0.29) is 6.04 Å². The molecule has 0 saturated carbocycles. The molecule has 1 aromatic carbocycles. The molecule has 108 valence electrons. The van der Waals surface area contributed by atoms with Crippen LogP contribution in [-0.2, 0) is 6.18 Å². The zero-order valence-corrected chi connectivity index (χ0v) is 11.5. The second-order valence-corrected chi connectivity index (χ2v) is 5.40. The van der Waals surface area contributed by atoms with Gasteiger partial charge < -0.3 is 4.90 Å². The summed E-state index contributed by atoms with van der Waals surface area (Å²) in [7, 11) is 0. The molecular formula is C15H17F3N2. The SMILES string of the molecule is CCC1CC(C)CN1c1cc(C(F)(F)F)ccc1C#N. The maximum atomic E-state index is 12.8. The van der Waals surface area contributed by atoms with Crippen molar-refractivity contribution in [3.05, 3.63) is 29.3 Å². The van der Waals surface area contributed by atoms with E-state index in [4.69, 9.17) is 5.26 Å². The van der Waals surface area contributed by atoms with Crippen molar-refractivity contribution < 1.29 is 13.2 Å². The molecule has 0 bridgehead atoms. The van der Waals surface area contributed by atoms with E-state index < -0.39 is 11.7 Å². The second-order valence-electron chi connectivity index (χ2n) is 5.40. The summed E-state index contributed by atoms with van der Waals surface area (Å²) >= 11 is 0. The van der Waals surface area contributed by atoms with Gasteiger partial charge in [-0.15, -0.1) is 0 Å². The Morgan fingerprint density at radius 1 is 1.40 bits per heavy atom. The minimum atomic E-state index is -4.38. The molecule has 0 aliphatic carbocycles. The van der Waals surface area contributed by atoms with Crippen molar-refractivity contribution in [1.82, 2.24) is 0 Å². The van der Waals surface area contributed by atoms with Crippen LogP contribution in [0.3, 0.4) is 0 Å². The van der Waals surface area contributed by atoms with E-state index in [0.717, 1.165) is 25.0 Å². The predicted molar refractivity (Wildman–Crippen MR) is 71.4 cm³/mol. The van der Waals surface area contributed by atoms with Crippen LogP contribution in [0, 0.1) is 17.2 Å². The third-order valence-electron chi connectivity index (χ3n) is 3.85. The average Bonchev–Trinajstić information content (AvgIpc) is 2.78. The minimum Gasteiger partial charge on any atom is -0.367 e. The lowest BCUT2D eigenvalue weighted by molar-refractivity contribution is -0.137. The largest absolute Gasteiger partial charge is 0.416 e. The molecule has 0 spiro atoms. The van der Waals surface area contributed by atoms with Crippen molar-refractivity contribution in [3.63, 3.8) is 0 Å². The molecule has 1 heterocycles. The lowest BCUT2D eigenvalue weighted by atomic mass is 10.1. The summed E-state index contributed by atoms with van der Waals surface area (Å²) in [6, 6.07) is 5.57. The highest BCUT2D eigenvalue weighted by molar-refractivity contribution is 5.62. The predicted octanol–water partition coefficient (Wildman–Crippen LogP) is 4.20. The number of hydrogen-bond donors (Lipinski definition) is 0. The van der Waals surface area contributed by atoms with Gasteiger partial charge in [-0.3, -0.25) is 0 Å². The zero-order chi connectivity index (χ0) is 14.9. The summed E-state index contributed by atoms with van der Waals surface area (Å²) < 4.78 is 38.5. The van der Waals surface area contributed by atoms with Crippen LogP contribution in [0.25, 0.3) is 0 Å². The first-order chi connectivity index (χ1) is 9.36. The summed E-state index contributed by atoms with van der Waals surface area (Å²) in [5.41, 5.74) is 0.0324. The van der Waals surface area contributed by atoms with E-state index >= 15 is 0 Å². The van der Waals surface area contributed by atoms with E-state index in [1.807, 2.05) is 17.9 Å². The van der Waals surface area contributed by atoms with Crippen molar-refractivity contribution in [2.75, 3.05) is 11.4 Å². The minimum absolute atomic E-state index is 0.209. The van der Waals surface area contributed by atoms with Gasteiger partial charge in [-0.2, -0.15) is 18.4 Å². The van der Waals surface area contributed by atoms with Gasteiger partial charge in [0.15, 0.2) is 0 Å². The monoisotopic (exact) mass is 282 g/mol. The molecular weight excluding hydrogens is 265 g/mol. The summed E-state index contributed by atoms with van der Waals surface area (Å²) in [6.45, 7) is 4.81. The van der Waals surface area contributed by atoms with Crippen molar-refractivity contribution >= 4 is 5.69 Å². The highest BCUT2D eigenvalue weighted by Gasteiger charge is 2.34. The van der Waals surface area contributed by atoms with E-state index in [1.54, 1.807) is 0 Å². The Kier molecular flexibility index (Phi) is 3.94. The molecule has 2 unspecified atom stereocenters. The normalized spacial score (nSPS) is 22.9. The number of rotatable bonds is 2. The number of nitriles is 1. The molecule has 20 heavy (non-hydrogen) atoms. The molecule has 5 heteroatoms. The van der Waals surface area contributed by atoms with Crippen LogP contribution in [-0.4, -0.2) is 12.6 Å². The molecule has 2 nitrogen and oxygen atoms in total. The first-order valence-electron chi connectivity index (χ1n) is 6.74. The van der Waals surface area contributed by atoms with Crippen LogP contribution >= 0.6 is 0 Å². The number of anilines is 1. The number of benzene rings is 1. The van der Waals surface area contributed by atoms with Gasteiger partial charge in [0.25, 0.3) is 0 Å². The fourth-order valence-electron chi connectivity index (χ4n) is 2.87. The maximum Gasteiger partial charge on any atom is 0.416 e. The third kappa shape index (κ3) is 2.74. The van der Waals surface area contributed by atoms with Crippen molar-refractivity contribution in [2.24, 2.45) is 5.92 Å². The Morgan fingerprint density at radius 2 is 2.10 bits per heavy atom. The molecule has 0 N–H and O–H groups in total. The number of alkyl halides is 3. The van der Waals surface area contributed by atoms with Crippen molar-refractivity contribution in [1.29, 1.82) is 5.26 Å². The number of halogens is 3. The van der Waals surface area contributed by atoms with Crippen LogP contribution in [0.2, 0.25) is 0 Å². The zero-order valence-electron chi connectivity index (χ0n) is 11.5. The highest BCUT2D eigenvalue weighted by Crippen LogP contribution is 2.37. The fourth-order valence-corrected chi connectivity index (χ4v) is 2.87. The second kappa shape index (κ2) is 5.35. The highest BCUT2D eigenvalue weighted by atomic mass is 19.4. The first kappa shape index (κ1) is 14.7.